The maximum absolute atomic E-state index is 9.98. The Hall–Kier alpha value is -1.61. The SMILES string of the molecule is Cc1ncnc2c1ncn2[C@H]1O[C@@H](CO)[C@@H](O)C1O. The molecule has 3 N–H and O–H groups in total. The van der Waals surface area contributed by atoms with E-state index in [4.69, 9.17) is 9.84 Å². The van der Waals surface area contributed by atoms with Gasteiger partial charge in [-0.25, -0.2) is 15.0 Å². The molecule has 3 rings (SSSR count). The molecule has 102 valence electrons. The Morgan fingerprint density at radius 3 is 2.74 bits per heavy atom. The highest BCUT2D eigenvalue weighted by Gasteiger charge is 2.43. The van der Waals surface area contributed by atoms with E-state index in [1.165, 1.54) is 17.2 Å². The second kappa shape index (κ2) is 4.49. The molecule has 4 atom stereocenters. The van der Waals surface area contributed by atoms with Gasteiger partial charge in [0.1, 0.15) is 30.2 Å². The molecule has 1 aliphatic heterocycles. The zero-order chi connectivity index (χ0) is 13.6. The molecular weight excluding hydrogens is 252 g/mol. The van der Waals surface area contributed by atoms with Gasteiger partial charge in [-0.2, -0.15) is 0 Å². The Morgan fingerprint density at radius 1 is 1.26 bits per heavy atom. The molecule has 8 nitrogen and oxygen atoms in total. The predicted molar refractivity (Wildman–Crippen MR) is 63.1 cm³/mol. The van der Waals surface area contributed by atoms with Gasteiger partial charge in [-0.15, -0.1) is 0 Å². The maximum Gasteiger partial charge on any atom is 0.165 e. The van der Waals surface area contributed by atoms with E-state index in [9.17, 15) is 10.2 Å². The van der Waals surface area contributed by atoms with Crippen LogP contribution in [-0.2, 0) is 4.74 Å². The highest BCUT2D eigenvalue weighted by atomic mass is 16.6. The number of hydrogen-bond donors (Lipinski definition) is 3. The van der Waals surface area contributed by atoms with Crippen LogP contribution < -0.4 is 0 Å². The highest BCUT2D eigenvalue weighted by Crippen LogP contribution is 2.31. The summed E-state index contributed by atoms with van der Waals surface area (Å²) in [5, 5.41) is 28.8. The summed E-state index contributed by atoms with van der Waals surface area (Å²) in [5.74, 6) is 0. The predicted octanol–water partition coefficient (Wildman–Crippen LogP) is -1.25. The molecule has 1 saturated heterocycles. The number of aliphatic hydroxyl groups excluding tert-OH is 3. The molecule has 2 aromatic heterocycles. The van der Waals surface area contributed by atoms with Crippen LogP contribution in [0.2, 0.25) is 0 Å². The third-order valence-corrected chi connectivity index (χ3v) is 3.33. The van der Waals surface area contributed by atoms with E-state index in [1.54, 1.807) is 6.92 Å². The van der Waals surface area contributed by atoms with Crippen LogP contribution in [0.1, 0.15) is 11.9 Å². The summed E-state index contributed by atoms with van der Waals surface area (Å²) in [5.41, 5.74) is 1.85. The Morgan fingerprint density at radius 2 is 2.05 bits per heavy atom. The van der Waals surface area contributed by atoms with Gasteiger partial charge in [0.2, 0.25) is 0 Å². The number of nitrogens with zero attached hydrogens (tertiary/aromatic N) is 4. The lowest BCUT2D eigenvalue weighted by atomic mass is 10.1. The first kappa shape index (κ1) is 12.4. The standard InChI is InChI=1S/C11H14N4O4/c1-5-7-10(13-3-12-5)15(4-14-7)11-9(18)8(17)6(2-16)19-11/h3-4,6,8-9,11,16-18H,2H2,1H3/t6-,8+,9?,11-/m0/s1. The first-order valence-corrected chi connectivity index (χ1v) is 5.90. The lowest BCUT2D eigenvalue weighted by Crippen LogP contribution is -2.33. The van der Waals surface area contributed by atoms with Crippen LogP contribution in [0, 0.1) is 6.92 Å². The van der Waals surface area contributed by atoms with Crippen molar-refractivity contribution in [3.63, 3.8) is 0 Å². The minimum atomic E-state index is -1.15. The van der Waals surface area contributed by atoms with E-state index in [0.717, 1.165) is 5.69 Å². The van der Waals surface area contributed by atoms with Crippen LogP contribution in [0.4, 0.5) is 0 Å². The molecule has 1 aliphatic rings. The first-order chi connectivity index (χ1) is 9.13. The molecule has 2 aromatic rings. The zero-order valence-corrected chi connectivity index (χ0v) is 10.2. The molecule has 0 radical (unpaired) electrons. The first-order valence-electron chi connectivity index (χ1n) is 5.90. The molecule has 19 heavy (non-hydrogen) atoms. The third kappa shape index (κ3) is 1.80. The maximum atomic E-state index is 9.98. The van der Waals surface area contributed by atoms with Crippen molar-refractivity contribution in [3.05, 3.63) is 18.3 Å². The van der Waals surface area contributed by atoms with E-state index in [2.05, 4.69) is 15.0 Å². The largest absolute Gasteiger partial charge is 0.394 e. The van der Waals surface area contributed by atoms with Crippen molar-refractivity contribution in [1.82, 2.24) is 19.5 Å². The third-order valence-electron chi connectivity index (χ3n) is 3.33. The quantitative estimate of drug-likeness (QED) is 0.622. The Kier molecular flexibility index (Phi) is 2.94. The molecule has 0 amide bonds. The number of aliphatic hydroxyl groups is 3. The van der Waals surface area contributed by atoms with Crippen molar-refractivity contribution in [2.75, 3.05) is 6.61 Å². The number of aromatic nitrogens is 4. The van der Waals surface area contributed by atoms with Gasteiger partial charge in [0.15, 0.2) is 11.9 Å². The minimum absolute atomic E-state index is 0.366. The summed E-state index contributed by atoms with van der Waals surface area (Å²) in [4.78, 5) is 12.3. The van der Waals surface area contributed by atoms with Crippen molar-refractivity contribution in [3.8, 4) is 0 Å². The topological polar surface area (TPSA) is 114 Å². The smallest absolute Gasteiger partial charge is 0.165 e. The second-order valence-electron chi connectivity index (χ2n) is 4.51. The van der Waals surface area contributed by atoms with Crippen molar-refractivity contribution >= 4 is 11.2 Å². The molecule has 0 spiro atoms. The van der Waals surface area contributed by atoms with Gasteiger partial charge in [-0.3, -0.25) is 4.57 Å². The summed E-state index contributed by atoms with van der Waals surface area (Å²) in [6.07, 6.45) is -1.06. The summed E-state index contributed by atoms with van der Waals surface area (Å²) in [6, 6.07) is 0. The lowest BCUT2D eigenvalue weighted by Gasteiger charge is -2.16. The molecule has 8 heteroatoms. The monoisotopic (exact) mass is 266 g/mol. The van der Waals surface area contributed by atoms with Gasteiger partial charge in [0.25, 0.3) is 0 Å². The van der Waals surface area contributed by atoms with Crippen molar-refractivity contribution in [2.24, 2.45) is 0 Å². The van der Waals surface area contributed by atoms with Crippen LogP contribution in [-0.4, -0.2) is 59.8 Å². The van der Waals surface area contributed by atoms with Crippen LogP contribution in [0.5, 0.6) is 0 Å². The van der Waals surface area contributed by atoms with E-state index in [0.29, 0.717) is 11.2 Å². The second-order valence-corrected chi connectivity index (χ2v) is 4.51. The van der Waals surface area contributed by atoms with Gasteiger partial charge < -0.3 is 20.1 Å². The molecule has 3 heterocycles. The molecular formula is C11H14N4O4. The van der Waals surface area contributed by atoms with Gasteiger partial charge in [0, 0.05) is 0 Å². The summed E-state index contributed by atoms with van der Waals surface area (Å²) < 4.78 is 6.98. The molecule has 0 saturated carbocycles. The average Bonchev–Trinajstić information content (AvgIpc) is 2.94. The fourth-order valence-corrected chi connectivity index (χ4v) is 2.27. The average molecular weight is 266 g/mol. The van der Waals surface area contributed by atoms with Gasteiger partial charge in [-0.1, -0.05) is 0 Å². The molecule has 0 bridgehead atoms. The number of fused-ring (bicyclic) bond motifs is 1. The number of hydrogen-bond acceptors (Lipinski definition) is 7. The van der Waals surface area contributed by atoms with E-state index < -0.39 is 24.5 Å². The Labute approximate surface area is 108 Å². The number of ether oxygens (including phenoxy) is 1. The molecule has 0 aliphatic carbocycles. The van der Waals surface area contributed by atoms with Crippen LogP contribution in [0.3, 0.4) is 0 Å². The fourth-order valence-electron chi connectivity index (χ4n) is 2.27. The van der Waals surface area contributed by atoms with Gasteiger partial charge in [0.05, 0.1) is 18.6 Å². The minimum Gasteiger partial charge on any atom is -0.394 e. The lowest BCUT2D eigenvalue weighted by molar-refractivity contribution is -0.0511. The summed E-state index contributed by atoms with van der Waals surface area (Å²) in [7, 11) is 0. The number of rotatable bonds is 2. The molecule has 1 unspecified atom stereocenters. The normalized spacial score (nSPS) is 31.2. The van der Waals surface area contributed by atoms with Crippen molar-refractivity contribution in [1.29, 1.82) is 0 Å². The van der Waals surface area contributed by atoms with Gasteiger partial charge >= 0.3 is 0 Å². The molecule has 0 aromatic carbocycles. The number of aryl methyl sites for hydroxylation is 1. The zero-order valence-electron chi connectivity index (χ0n) is 10.2. The molecule has 1 fully saturated rings. The fraction of sp³-hybridized carbons (Fsp3) is 0.545. The highest BCUT2D eigenvalue weighted by molar-refractivity contribution is 5.72. The van der Waals surface area contributed by atoms with E-state index in [-0.39, 0.29) is 6.61 Å². The van der Waals surface area contributed by atoms with Crippen LogP contribution in [0.25, 0.3) is 11.2 Å². The summed E-state index contributed by atoms with van der Waals surface area (Å²) >= 11 is 0. The number of imidazole rings is 1. The van der Waals surface area contributed by atoms with Crippen LogP contribution in [0.15, 0.2) is 12.7 Å². The van der Waals surface area contributed by atoms with E-state index in [1.807, 2.05) is 0 Å². The summed E-state index contributed by atoms with van der Waals surface area (Å²) in [6.45, 7) is 1.44. The Bertz CT molecular complexity index is 601. The van der Waals surface area contributed by atoms with Crippen LogP contribution >= 0.6 is 0 Å². The van der Waals surface area contributed by atoms with Crippen molar-refractivity contribution in [2.45, 2.75) is 31.5 Å². The Balaban J connectivity index is 2.04. The van der Waals surface area contributed by atoms with E-state index >= 15 is 0 Å². The van der Waals surface area contributed by atoms with Gasteiger partial charge in [-0.05, 0) is 6.92 Å². The van der Waals surface area contributed by atoms with Crippen molar-refractivity contribution < 1.29 is 20.1 Å².